The summed E-state index contributed by atoms with van der Waals surface area (Å²) in [6.45, 7) is 49.2. The van der Waals surface area contributed by atoms with Gasteiger partial charge in [0.25, 0.3) is 0 Å². The Morgan fingerprint density at radius 2 is 0.644 bits per heavy atom. The summed E-state index contributed by atoms with van der Waals surface area (Å²) in [7, 11) is 0. The van der Waals surface area contributed by atoms with Crippen molar-refractivity contribution in [1.82, 2.24) is 0 Å². The molecule has 4 saturated carbocycles. The second kappa shape index (κ2) is 65.5. The molecular formula is C114H195FO34. The Bertz CT molecular complexity index is 4190. The van der Waals surface area contributed by atoms with Gasteiger partial charge in [0, 0.05) is 24.7 Å². The van der Waals surface area contributed by atoms with E-state index < -0.39 is 185 Å². The molecule has 0 heterocycles. The fourth-order valence-corrected chi connectivity index (χ4v) is 18.6. The minimum atomic E-state index is -2.78. The Morgan fingerprint density at radius 1 is 0.302 bits per heavy atom. The molecule has 0 aliphatic heterocycles. The van der Waals surface area contributed by atoms with Gasteiger partial charge >= 0.3 is 101 Å². The number of carboxylic acid groups (broad SMARTS) is 5. The largest absolute Gasteiger partial charge is 0.481 e. The van der Waals surface area contributed by atoms with Gasteiger partial charge in [-0.15, -0.1) is 0 Å². The molecule has 8 atom stereocenters. The molecule has 0 amide bonds. The molecule has 4 aliphatic carbocycles. The summed E-state index contributed by atoms with van der Waals surface area (Å²) in [5, 5.41) is 44.6. The summed E-state index contributed by atoms with van der Waals surface area (Å²) in [6.07, 6.45) is 28.2. The number of carbonyl (C=O) groups excluding carboxylic acids is 12. The maximum Gasteiger partial charge on any atom is 0.344 e. The van der Waals surface area contributed by atoms with Crippen molar-refractivity contribution in [3.63, 3.8) is 0 Å². The van der Waals surface area contributed by atoms with Gasteiger partial charge in [0.1, 0.15) is 49.8 Å². The van der Waals surface area contributed by atoms with Gasteiger partial charge in [-0.2, -0.15) is 0 Å². The topological polar surface area (TPSA) is 502 Å². The Hall–Kier alpha value is -9.08. The zero-order valence-electron chi connectivity index (χ0n) is 96.3. The van der Waals surface area contributed by atoms with Crippen LogP contribution in [-0.2, 0) is 138 Å². The molecule has 8 unspecified atom stereocenters. The van der Waals surface area contributed by atoms with Gasteiger partial charge in [-0.1, -0.05) is 147 Å². The van der Waals surface area contributed by atoms with Crippen molar-refractivity contribution in [3.8, 4) is 0 Å². The number of carbonyl (C=O) groups is 17. The average molecular weight is 2130 g/mol. The van der Waals surface area contributed by atoms with Crippen molar-refractivity contribution < 1.29 is 168 Å². The smallest absolute Gasteiger partial charge is 0.344 e. The molecule has 0 aromatic carbocycles. The van der Waals surface area contributed by atoms with Crippen LogP contribution in [0.2, 0.25) is 0 Å². The van der Waals surface area contributed by atoms with Crippen molar-refractivity contribution in [1.29, 1.82) is 0 Å². The Morgan fingerprint density at radius 3 is 1.03 bits per heavy atom. The fourth-order valence-electron chi connectivity index (χ4n) is 18.6. The number of alkyl halides is 1. The minimum Gasteiger partial charge on any atom is -0.481 e. The molecule has 149 heavy (non-hydrogen) atoms. The van der Waals surface area contributed by atoms with Crippen LogP contribution in [0.5, 0.6) is 0 Å². The van der Waals surface area contributed by atoms with E-state index >= 15 is 4.39 Å². The summed E-state index contributed by atoms with van der Waals surface area (Å²) in [6, 6.07) is 0. The van der Waals surface area contributed by atoms with Gasteiger partial charge in [0.2, 0.25) is 5.67 Å². The zero-order valence-corrected chi connectivity index (χ0v) is 96.3. The molecule has 34 nitrogen and oxygen atoms in total. The van der Waals surface area contributed by atoms with Crippen LogP contribution < -0.4 is 0 Å². The lowest BCUT2D eigenvalue weighted by Crippen LogP contribution is -2.52. The predicted molar refractivity (Wildman–Crippen MR) is 558 cm³/mol. The van der Waals surface area contributed by atoms with E-state index in [1.165, 1.54) is 26.7 Å². The number of rotatable bonds is 58. The summed E-state index contributed by atoms with van der Waals surface area (Å²) < 4.78 is 82.1. The molecule has 5 N–H and O–H groups in total. The number of hydrogen-bond acceptors (Lipinski definition) is 29. The van der Waals surface area contributed by atoms with Crippen LogP contribution in [0.25, 0.3) is 0 Å². The first-order valence-electron chi connectivity index (χ1n) is 54.9. The lowest BCUT2D eigenvalue weighted by molar-refractivity contribution is -0.192. The highest BCUT2D eigenvalue weighted by atomic mass is 19.1. The SMILES string of the molecule is CCC(C)(CC(C)(C)C(=O)O)C(=O)OC1CCCCC1.CCC(C)(CC(C)(C)C(=O)OCCOC(=O)C1CCCCC1C(=O)O)C(=O)OC1CCCCC1.CCC1(OC(=O)C(C)(CC)CC(F)(CC(C)(C)C(=O)OCC(=O)O)C(=O)OC(C)(C)C(C)(C)C)CCCCCCC1.CCCCCCOC(=O)C(C)(CC)CC(C)(C)C(=O)OCCCC(=O)O.CCCCOC(=O)C(C)(CC)CC(C)(C)C(=O)OCCOC(=O)CCC(=O)O. The van der Waals surface area contributed by atoms with E-state index in [9.17, 15) is 91.7 Å². The molecule has 4 aliphatic rings. The highest BCUT2D eigenvalue weighted by Gasteiger charge is 2.57. The third-order valence-corrected chi connectivity index (χ3v) is 30.4. The molecule has 862 valence electrons. The molecule has 0 aromatic rings. The van der Waals surface area contributed by atoms with Crippen molar-refractivity contribution >= 4 is 101 Å². The third kappa shape index (κ3) is 50.1. The van der Waals surface area contributed by atoms with Gasteiger partial charge in [0.15, 0.2) is 6.61 Å². The lowest BCUT2D eigenvalue weighted by atomic mass is 9.71. The molecule has 0 radical (unpaired) electrons. The summed E-state index contributed by atoms with van der Waals surface area (Å²) in [5.74, 6) is -13.0. The highest BCUT2D eigenvalue weighted by Crippen LogP contribution is 2.49. The van der Waals surface area contributed by atoms with Crippen LogP contribution >= 0.6 is 0 Å². The first-order valence-corrected chi connectivity index (χ1v) is 54.9. The highest BCUT2D eigenvalue weighted by molar-refractivity contribution is 5.87. The van der Waals surface area contributed by atoms with Crippen LogP contribution in [0.1, 0.15) is 470 Å². The number of unbranched alkanes of at least 4 members (excludes halogenated alkanes) is 4. The van der Waals surface area contributed by atoms with E-state index in [4.69, 9.17) is 72.2 Å². The van der Waals surface area contributed by atoms with E-state index in [1.54, 1.807) is 90.0 Å². The second-order valence-electron chi connectivity index (χ2n) is 47.7. The maximum atomic E-state index is 17.3. The molecule has 4 rings (SSSR count). The molecule has 0 bridgehead atoms. The Labute approximate surface area is 888 Å². The van der Waals surface area contributed by atoms with E-state index in [2.05, 4.69) is 6.92 Å². The normalized spacial score (nSPS) is 18.3. The van der Waals surface area contributed by atoms with Crippen molar-refractivity contribution in [3.05, 3.63) is 0 Å². The fraction of sp³-hybridized carbons (Fsp3) is 0.851. The molecule has 0 aromatic heterocycles. The Balaban J connectivity index is 0.00000187. The van der Waals surface area contributed by atoms with Crippen molar-refractivity contribution in [2.75, 3.05) is 52.9 Å². The number of halogens is 1. The van der Waals surface area contributed by atoms with Crippen LogP contribution in [0.4, 0.5) is 4.39 Å². The number of carboxylic acids is 5. The van der Waals surface area contributed by atoms with Gasteiger partial charge in [-0.3, -0.25) is 71.9 Å². The average Bonchev–Trinajstić information content (AvgIpc) is 0.766. The molecular weight excluding hydrogens is 1930 g/mol. The molecule has 0 spiro atoms. The number of ether oxygens (including phenoxy) is 12. The molecule has 4 fully saturated rings. The standard InChI is InChI=1S/C32H55FO8.C26H42O8.C20H34O8.C20H36O6.C16H28O4/c1-11-30(10,25(37)41-31(12-2)18-16-14-13-15-17-19-31)22-32(33,26(38)40-29(8,9)27(3,4)5)21-28(6,7)24(36)39-20-23(34)35;1-5-26(4,24(31)34-18-11-7-6-8-12-18)17-25(2,3)23(30)33-16-15-32-22(29)20-14-10-9-13-19(20)21(27)28;1-6-8-11-27-18(25)20(5,7-2)14-19(3,4)17(24)28-13-12-26-16(23)10-9-15(21)22;1-6-8-9-10-13-26-18(24)20(5,7-2)15-19(3,4)17(23)25-14-11-12-16(21)22;1-5-16(4,11-15(2,3)13(17)18)14(19)20-12-9-7-6-8-10-12/h11-22H2,1-10H3,(H,34,35);18-20H,5-17H2,1-4H3,(H,27,28);6-14H2,1-5H3,(H,21,22);6-15H2,1-5H3,(H,21,22);12H,5-11H2,1-4H3,(H,17,18). The number of hydrogen-bond donors (Lipinski definition) is 5. The molecule has 35 heteroatoms. The quantitative estimate of drug-likeness (QED) is 0.0214. The van der Waals surface area contributed by atoms with Crippen LogP contribution in [0.15, 0.2) is 0 Å². The monoisotopic (exact) mass is 2130 g/mol. The Kier molecular flexibility index (Phi) is 61.5. The van der Waals surface area contributed by atoms with Gasteiger partial charge in [-0.05, 0) is 291 Å². The van der Waals surface area contributed by atoms with E-state index in [0.29, 0.717) is 71.0 Å². The van der Waals surface area contributed by atoms with Crippen LogP contribution in [-0.4, -0.2) is 209 Å². The van der Waals surface area contributed by atoms with Crippen molar-refractivity contribution in [2.45, 2.75) is 499 Å². The number of aliphatic carboxylic acids is 5. The van der Waals surface area contributed by atoms with Crippen LogP contribution in [0.3, 0.4) is 0 Å². The van der Waals surface area contributed by atoms with E-state index in [1.807, 2.05) is 83.1 Å². The van der Waals surface area contributed by atoms with Gasteiger partial charge in [0.05, 0.1) is 98.6 Å². The summed E-state index contributed by atoms with van der Waals surface area (Å²) in [4.78, 5) is 206. The summed E-state index contributed by atoms with van der Waals surface area (Å²) in [5.41, 5.74) is -14.8. The lowest BCUT2D eigenvalue weighted by Gasteiger charge is -2.43. The third-order valence-electron chi connectivity index (χ3n) is 30.4. The first kappa shape index (κ1) is 140. The predicted octanol–water partition coefficient (Wildman–Crippen LogP) is 23.3. The van der Waals surface area contributed by atoms with Gasteiger partial charge < -0.3 is 82.4 Å². The van der Waals surface area contributed by atoms with Crippen molar-refractivity contribution in [2.24, 2.45) is 71.4 Å². The minimum absolute atomic E-state index is 0.0232. The second-order valence-corrected chi connectivity index (χ2v) is 47.7. The van der Waals surface area contributed by atoms with E-state index in [0.717, 1.165) is 148 Å². The van der Waals surface area contributed by atoms with E-state index in [-0.39, 0.29) is 114 Å². The summed E-state index contributed by atoms with van der Waals surface area (Å²) >= 11 is 0. The maximum absolute atomic E-state index is 17.3. The van der Waals surface area contributed by atoms with Crippen LogP contribution in [0, 0.1) is 71.4 Å². The first-order chi connectivity index (χ1) is 68.9. The number of esters is 12. The molecule has 0 saturated heterocycles. The van der Waals surface area contributed by atoms with Gasteiger partial charge in [-0.25, -0.2) is 14.0 Å². The zero-order chi connectivity index (χ0) is 115.